The van der Waals surface area contributed by atoms with Gasteiger partial charge < -0.3 is 4.74 Å². The summed E-state index contributed by atoms with van der Waals surface area (Å²) >= 11 is 0. The van der Waals surface area contributed by atoms with Gasteiger partial charge in [-0.25, -0.2) is 0 Å². The van der Waals surface area contributed by atoms with Crippen LogP contribution in [-0.4, -0.2) is 23.7 Å². The van der Waals surface area contributed by atoms with E-state index in [-0.39, 0.29) is 5.54 Å². The molecular formula is C15H25NO. The lowest BCUT2D eigenvalue weighted by molar-refractivity contribution is -0.00315. The minimum absolute atomic E-state index is 0.189. The maximum absolute atomic E-state index is 5.85. The number of hydrogen-bond acceptors (Lipinski definition) is 2. The van der Waals surface area contributed by atoms with Crippen LogP contribution in [-0.2, 0) is 4.74 Å². The molecule has 0 aromatic heterocycles. The Hall–Kier alpha value is -1.02. The molecule has 0 bridgehead atoms. The second-order valence-electron chi connectivity index (χ2n) is 5.03. The van der Waals surface area contributed by atoms with Crippen LogP contribution in [0.1, 0.15) is 41.0 Å². The Morgan fingerprint density at radius 2 is 1.88 bits per heavy atom. The highest BCUT2D eigenvalue weighted by atomic mass is 16.5. The van der Waals surface area contributed by atoms with Gasteiger partial charge in [0.15, 0.2) is 0 Å². The van der Waals surface area contributed by atoms with Crippen molar-refractivity contribution in [3.8, 4) is 0 Å². The second kappa shape index (κ2) is 6.06. The molecule has 0 aromatic rings. The van der Waals surface area contributed by atoms with E-state index in [2.05, 4.69) is 37.8 Å². The van der Waals surface area contributed by atoms with Gasteiger partial charge in [0.25, 0.3) is 0 Å². The summed E-state index contributed by atoms with van der Waals surface area (Å²) in [5, 5.41) is 0. The molecule has 0 fully saturated rings. The molecule has 1 aliphatic rings. The number of hydrogen-bond donors (Lipinski definition) is 0. The van der Waals surface area contributed by atoms with Crippen molar-refractivity contribution in [2.45, 2.75) is 46.6 Å². The zero-order valence-electron chi connectivity index (χ0n) is 11.8. The molecule has 2 nitrogen and oxygen atoms in total. The summed E-state index contributed by atoms with van der Waals surface area (Å²) in [6.07, 6.45) is 9.42. The summed E-state index contributed by atoms with van der Waals surface area (Å²) in [4.78, 5) is 2.38. The van der Waals surface area contributed by atoms with Gasteiger partial charge in [0, 0.05) is 17.7 Å². The number of rotatable bonds is 4. The van der Waals surface area contributed by atoms with E-state index in [0.29, 0.717) is 6.73 Å². The van der Waals surface area contributed by atoms with Crippen LogP contribution in [0, 0.1) is 0 Å². The second-order valence-corrected chi connectivity index (χ2v) is 5.03. The lowest BCUT2D eigenvalue weighted by Gasteiger charge is -2.40. The molecule has 1 rings (SSSR count). The first-order valence-corrected chi connectivity index (χ1v) is 6.41. The fraction of sp³-hybridized carbons (Fsp3) is 0.600. The molecule has 0 saturated heterocycles. The van der Waals surface area contributed by atoms with Crippen molar-refractivity contribution in [2.24, 2.45) is 0 Å². The average molecular weight is 235 g/mol. The molecule has 96 valence electrons. The lowest BCUT2D eigenvalue weighted by Crippen LogP contribution is -2.47. The SMILES string of the molecule is C/C=C\C1=C(/C=C\C)OCN(C(C)(C)CC)C1. The summed E-state index contributed by atoms with van der Waals surface area (Å²) in [7, 11) is 0. The third-order valence-electron chi connectivity index (χ3n) is 3.46. The Balaban J connectivity index is 2.92. The van der Waals surface area contributed by atoms with Crippen molar-refractivity contribution >= 4 is 0 Å². The van der Waals surface area contributed by atoms with Crippen molar-refractivity contribution in [3.05, 3.63) is 35.6 Å². The molecule has 0 saturated carbocycles. The summed E-state index contributed by atoms with van der Waals surface area (Å²) in [6.45, 7) is 12.5. The van der Waals surface area contributed by atoms with E-state index in [1.54, 1.807) is 0 Å². The average Bonchev–Trinajstić information content (AvgIpc) is 2.32. The highest BCUT2D eigenvalue weighted by molar-refractivity contribution is 5.31. The van der Waals surface area contributed by atoms with Crippen LogP contribution in [0.15, 0.2) is 35.6 Å². The van der Waals surface area contributed by atoms with E-state index in [1.165, 1.54) is 5.57 Å². The quantitative estimate of drug-likeness (QED) is 0.733. The van der Waals surface area contributed by atoms with Crippen LogP contribution in [0.2, 0.25) is 0 Å². The predicted octanol–water partition coefficient (Wildman–Crippen LogP) is 3.87. The Morgan fingerprint density at radius 3 is 2.41 bits per heavy atom. The van der Waals surface area contributed by atoms with Crippen LogP contribution in [0.5, 0.6) is 0 Å². The van der Waals surface area contributed by atoms with Gasteiger partial charge in [-0.15, -0.1) is 0 Å². The minimum atomic E-state index is 0.189. The fourth-order valence-electron chi connectivity index (χ4n) is 1.82. The Morgan fingerprint density at radius 1 is 1.24 bits per heavy atom. The van der Waals surface area contributed by atoms with Gasteiger partial charge in [-0.2, -0.15) is 0 Å². The van der Waals surface area contributed by atoms with Gasteiger partial charge in [0.1, 0.15) is 12.5 Å². The van der Waals surface area contributed by atoms with Crippen molar-refractivity contribution < 1.29 is 4.74 Å². The van der Waals surface area contributed by atoms with E-state index in [9.17, 15) is 0 Å². The molecule has 0 aromatic carbocycles. The van der Waals surface area contributed by atoms with Crippen LogP contribution in [0.25, 0.3) is 0 Å². The van der Waals surface area contributed by atoms with Crippen LogP contribution >= 0.6 is 0 Å². The monoisotopic (exact) mass is 235 g/mol. The molecule has 0 aliphatic carbocycles. The van der Waals surface area contributed by atoms with Gasteiger partial charge in [-0.3, -0.25) is 4.90 Å². The first-order chi connectivity index (χ1) is 8.05. The van der Waals surface area contributed by atoms with E-state index in [4.69, 9.17) is 4.74 Å². The first-order valence-electron chi connectivity index (χ1n) is 6.41. The largest absolute Gasteiger partial charge is 0.478 e. The van der Waals surface area contributed by atoms with Gasteiger partial charge in [-0.05, 0) is 40.2 Å². The zero-order chi connectivity index (χ0) is 12.9. The van der Waals surface area contributed by atoms with Gasteiger partial charge >= 0.3 is 0 Å². The van der Waals surface area contributed by atoms with Crippen LogP contribution < -0.4 is 0 Å². The lowest BCUT2D eigenvalue weighted by atomic mass is 9.98. The molecule has 0 atom stereocenters. The number of ether oxygens (including phenoxy) is 1. The van der Waals surface area contributed by atoms with E-state index >= 15 is 0 Å². The fourth-order valence-corrected chi connectivity index (χ4v) is 1.82. The maximum atomic E-state index is 5.85. The molecule has 2 heteroatoms. The topological polar surface area (TPSA) is 12.5 Å². The summed E-state index contributed by atoms with van der Waals surface area (Å²) in [5.41, 5.74) is 1.45. The highest BCUT2D eigenvalue weighted by Gasteiger charge is 2.28. The molecular weight excluding hydrogens is 210 g/mol. The van der Waals surface area contributed by atoms with Gasteiger partial charge in [0.05, 0.1) is 0 Å². The molecule has 0 spiro atoms. The van der Waals surface area contributed by atoms with Crippen LogP contribution in [0.4, 0.5) is 0 Å². The van der Waals surface area contributed by atoms with Gasteiger partial charge in [0.2, 0.25) is 0 Å². The Labute approximate surface area is 106 Å². The van der Waals surface area contributed by atoms with Crippen molar-refractivity contribution in [1.29, 1.82) is 0 Å². The number of nitrogens with zero attached hydrogens (tertiary/aromatic N) is 1. The first kappa shape index (κ1) is 14.0. The van der Waals surface area contributed by atoms with E-state index in [1.807, 2.05) is 26.0 Å². The third kappa shape index (κ3) is 3.47. The normalized spacial score (nSPS) is 19.4. The molecule has 17 heavy (non-hydrogen) atoms. The minimum Gasteiger partial charge on any atom is -0.478 e. The highest BCUT2D eigenvalue weighted by Crippen LogP contribution is 2.26. The molecule has 0 amide bonds. The molecule has 0 N–H and O–H groups in total. The van der Waals surface area contributed by atoms with Crippen LogP contribution in [0.3, 0.4) is 0 Å². The Kier molecular flexibility index (Phi) is 5.01. The molecule has 0 radical (unpaired) electrons. The van der Waals surface area contributed by atoms with E-state index in [0.717, 1.165) is 18.7 Å². The maximum Gasteiger partial charge on any atom is 0.142 e. The summed E-state index contributed by atoms with van der Waals surface area (Å²) < 4.78 is 5.85. The smallest absolute Gasteiger partial charge is 0.142 e. The van der Waals surface area contributed by atoms with E-state index < -0.39 is 0 Å². The molecule has 0 unspecified atom stereocenters. The zero-order valence-corrected chi connectivity index (χ0v) is 11.8. The van der Waals surface area contributed by atoms with Gasteiger partial charge in [-0.1, -0.05) is 25.2 Å². The Bertz CT molecular complexity index is 337. The standard InChI is InChI=1S/C15H25NO/c1-6-9-13-11-16(15(4,5)8-3)12-17-14(13)10-7-2/h6-7,9-10H,8,11-12H2,1-5H3/b9-6-,10-7-. The predicted molar refractivity (Wildman–Crippen MR) is 73.7 cm³/mol. The van der Waals surface area contributed by atoms with Crippen molar-refractivity contribution in [2.75, 3.05) is 13.3 Å². The number of allylic oxidation sites excluding steroid dienone is 3. The molecule has 1 aliphatic heterocycles. The third-order valence-corrected chi connectivity index (χ3v) is 3.46. The van der Waals surface area contributed by atoms with Crippen molar-refractivity contribution in [3.63, 3.8) is 0 Å². The molecule has 1 heterocycles. The summed E-state index contributed by atoms with van der Waals surface area (Å²) in [5.74, 6) is 1.01. The van der Waals surface area contributed by atoms with Crippen molar-refractivity contribution in [1.82, 2.24) is 4.90 Å². The summed E-state index contributed by atoms with van der Waals surface area (Å²) in [6, 6.07) is 0.